The Labute approximate surface area is 74.4 Å². The minimum Gasteiger partial charge on any atom is -0.252 e. The maximum atomic E-state index is 12.0. The number of pyridine rings is 1. The molecule has 0 saturated heterocycles. The summed E-state index contributed by atoms with van der Waals surface area (Å²) in [5.74, 6) is 0. The summed E-state index contributed by atoms with van der Waals surface area (Å²) in [4.78, 5) is 2.80. The lowest BCUT2D eigenvalue weighted by atomic mass is 10.2. The summed E-state index contributed by atoms with van der Waals surface area (Å²) in [5.41, 5.74) is -2.91. The van der Waals surface area contributed by atoms with Gasteiger partial charge in [0.2, 0.25) is 0 Å². The third-order valence-corrected chi connectivity index (χ3v) is 1.38. The lowest BCUT2D eigenvalue weighted by Crippen LogP contribution is -2.12. The molecule has 1 nitrogen and oxygen atoms in total. The van der Waals surface area contributed by atoms with Crippen LogP contribution in [-0.4, -0.2) is 4.98 Å². The molecular formula is C7H3F6N. The predicted molar refractivity (Wildman–Crippen MR) is 34.2 cm³/mol. The maximum Gasteiger partial charge on any atom is 0.433 e. The van der Waals surface area contributed by atoms with Crippen LogP contribution in [0.5, 0.6) is 0 Å². The summed E-state index contributed by atoms with van der Waals surface area (Å²) in [6, 6.07) is 0.454. The van der Waals surface area contributed by atoms with Crippen molar-refractivity contribution in [3.63, 3.8) is 0 Å². The fourth-order valence-electron chi connectivity index (χ4n) is 0.762. The molecule has 1 rings (SSSR count). The summed E-state index contributed by atoms with van der Waals surface area (Å²) < 4.78 is 71.7. The first-order valence-corrected chi connectivity index (χ1v) is 3.32. The first-order valence-electron chi connectivity index (χ1n) is 3.32. The summed E-state index contributed by atoms with van der Waals surface area (Å²) >= 11 is 0. The minimum atomic E-state index is -4.86. The van der Waals surface area contributed by atoms with Crippen molar-refractivity contribution in [2.24, 2.45) is 0 Å². The highest BCUT2D eigenvalue weighted by Gasteiger charge is 2.37. The van der Waals surface area contributed by atoms with Gasteiger partial charge in [-0.3, -0.25) is 4.98 Å². The first kappa shape index (κ1) is 10.8. The smallest absolute Gasteiger partial charge is 0.252 e. The number of rotatable bonds is 0. The van der Waals surface area contributed by atoms with Crippen LogP contribution in [-0.2, 0) is 12.4 Å². The second kappa shape index (κ2) is 3.14. The van der Waals surface area contributed by atoms with E-state index in [1.165, 1.54) is 0 Å². The Kier molecular flexibility index (Phi) is 2.43. The van der Waals surface area contributed by atoms with Crippen LogP contribution in [0.2, 0.25) is 0 Å². The normalized spacial score (nSPS) is 13.0. The molecule has 0 atom stereocenters. The van der Waals surface area contributed by atoms with Crippen molar-refractivity contribution in [1.82, 2.24) is 4.98 Å². The highest BCUT2D eigenvalue weighted by atomic mass is 19.4. The second-order valence-corrected chi connectivity index (χ2v) is 2.43. The van der Waals surface area contributed by atoms with Crippen molar-refractivity contribution >= 4 is 0 Å². The van der Waals surface area contributed by atoms with E-state index in [2.05, 4.69) is 4.98 Å². The van der Waals surface area contributed by atoms with E-state index in [0.29, 0.717) is 12.3 Å². The average molecular weight is 215 g/mol. The lowest BCUT2D eigenvalue weighted by Gasteiger charge is -2.09. The molecular weight excluding hydrogens is 212 g/mol. The number of alkyl halides is 6. The van der Waals surface area contributed by atoms with E-state index in [1.807, 2.05) is 0 Å². The Morgan fingerprint density at radius 3 is 1.93 bits per heavy atom. The zero-order valence-corrected chi connectivity index (χ0v) is 6.45. The third-order valence-electron chi connectivity index (χ3n) is 1.38. The Morgan fingerprint density at radius 1 is 0.929 bits per heavy atom. The number of aromatic nitrogens is 1. The van der Waals surface area contributed by atoms with Crippen molar-refractivity contribution < 1.29 is 26.3 Å². The van der Waals surface area contributed by atoms with Crippen LogP contribution in [0, 0.1) is 0 Å². The van der Waals surface area contributed by atoms with E-state index in [1.54, 1.807) is 0 Å². The Morgan fingerprint density at radius 2 is 1.50 bits per heavy atom. The van der Waals surface area contributed by atoms with Crippen LogP contribution < -0.4 is 0 Å². The molecule has 1 aromatic rings. The molecule has 0 aliphatic rings. The quantitative estimate of drug-likeness (QED) is 0.606. The van der Waals surface area contributed by atoms with Crippen LogP contribution in [0.1, 0.15) is 11.3 Å². The topological polar surface area (TPSA) is 12.9 Å². The van der Waals surface area contributed by atoms with Gasteiger partial charge in [0.15, 0.2) is 0 Å². The molecule has 14 heavy (non-hydrogen) atoms. The Balaban J connectivity index is 3.15. The van der Waals surface area contributed by atoms with E-state index in [4.69, 9.17) is 0 Å². The van der Waals surface area contributed by atoms with E-state index < -0.39 is 23.6 Å². The van der Waals surface area contributed by atoms with E-state index >= 15 is 0 Å². The Hall–Kier alpha value is -1.27. The molecule has 1 heterocycles. The molecule has 0 radical (unpaired) electrons. The van der Waals surface area contributed by atoms with Gasteiger partial charge >= 0.3 is 12.4 Å². The van der Waals surface area contributed by atoms with Crippen LogP contribution in [0.3, 0.4) is 0 Å². The van der Waals surface area contributed by atoms with E-state index in [9.17, 15) is 26.3 Å². The molecule has 0 saturated carbocycles. The predicted octanol–water partition coefficient (Wildman–Crippen LogP) is 3.12. The number of hydrogen-bond acceptors (Lipinski definition) is 1. The second-order valence-electron chi connectivity index (χ2n) is 2.43. The molecule has 78 valence electrons. The molecule has 0 aliphatic carbocycles. The van der Waals surface area contributed by atoms with Gasteiger partial charge in [0, 0.05) is 6.20 Å². The maximum absolute atomic E-state index is 12.0. The first-order chi connectivity index (χ1) is 6.21. The van der Waals surface area contributed by atoms with E-state index in [0.717, 1.165) is 0 Å². The summed E-state index contributed by atoms with van der Waals surface area (Å²) in [6.45, 7) is 0. The molecule has 0 aliphatic heterocycles. The van der Waals surface area contributed by atoms with Crippen molar-refractivity contribution in [2.45, 2.75) is 12.4 Å². The Bertz CT molecular complexity index is 296. The van der Waals surface area contributed by atoms with Crippen molar-refractivity contribution in [3.8, 4) is 0 Å². The number of hydrogen-bond donors (Lipinski definition) is 0. The molecule has 7 heteroatoms. The van der Waals surface area contributed by atoms with Gasteiger partial charge in [-0.05, 0) is 12.1 Å². The van der Waals surface area contributed by atoms with Crippen LogP contribution in [0.25, 0.3) is 0 Å². The molecule has 0 bridgehead atoms. The monoisotopic (exact) mass is 215 g/mol. The highest BCUT2D eigenvalue weighted by Crippen LogP contribution is 2.33. The van der Waals surface area contributed by atoms with Crippen molar-refractivity contribution in [3.05, 3.63) is 29.6 Å². The fourth-order valence-corrected chi connectivity index (χ4v) is 0.762. The van der Waals surface area contributed by atoms with Gasteiger partial charge in [0.25, 0.3) is 0 Å². The van der Waals surface area contributed by atoms with Gasteiger partial charge in [-0.15, -0.1) is 0 Å². The molecule has 1 aromatic heterocycles. The SMILES string of the molecule is FC(F)(F)c1ccnc(C(F)(F)F)c1. The van der Waals surface area contributed by atoms with Crippen molar-refractivity contribution in [1.29, 1.82) is 0 Å². The molecule has 0 aromatic carbocycles. The van der Waals surface area contributed by atoms with Crippen LogP contribution >= 0.6 is 0 Å². The largest absolute Gasteiger partial charge is 0.433 e. The van der Waals surface area contributed by atoms with Crippen molar-refractivity contribution in [2.75, 3.05) is 0 Å². The van der Waals surface area contributed by atoms with Gasteiger partial charge in [-0.25, -0.2) is 0 Å². The van der Waals surface area contributed by atoms with Gasteiger partial charge < -0.3 is 0 Å². The fraction of sp³-hybridized carbons (Fsp3) is 0.286. The summed E-state index contributed by atoms with van der Waals surface area (Å²) in [6.07, 6.45) is -9.17. The lowest BCUT2D eigenvalue weighted by molar-refractivity contribution is -0.145. The molecule has 0 fully saturated rings. The van der Waals surface area contributed by atoms with E-state index in [-0.39, 0.29) is 6.07 Å². The molecule has 0 amide bonds. The standard InChI is InChI=1S/C7H3F6N/c8-6(9,10)4-1-2-14-5(3-4)7(11,12)13/h1-3H. The molecule has 0 N–H and O–H groups in total. The number of halogens is 6. The van der Waals surface area contributed by atoms with Crippen LogP contribution in [0.4, 0.5) is 26.3 Å². The average Bonchev–Trinajstić information content (AvgIpc) is 2.01. The third kappa shape index (κ3) is 2.36. The van der Waals surface area contributed by atoms with Gasteiger partial charge in [0.05, 0.1) is 5.56 Å². The zero-order valence-electron chi connectivity index (χ0n) is 6.45. The van der Waals surface area contributed by atoms with Crippen LogP contribution in [0.15, 0.2) is 18.3 Å². The molecule has 0 unspecified atom stereocenters. The summed E-state index contributed by atoms with van der Waals surface area (Å²) in [5, 5.41) is 0. The zero-order chi connectivity index (χ0) is 11.0. The minimum absolute atomic E-state index is 0.0278. The van der Waals surface area contributed by atoms with Gasteiger partial charge in [0.1, 0.15) is 5.69 Å². The molecule has 0 spiro atoms. The van der Waals surface area contributed by atoms with Gasteiger partial charge in [-0.2, -0.15) is 26.3 Å². The summed E-state index contributed by atoms with van der Waals surface area (Å²) in [7, 11) is 0. The highest BCUT2D eigenvalue weighted by molar-refractivity contribution is 5.20. The van der Waals surface area contributed by atoms with Gasteiger partial charge in [-0.1, -0.05) is 0 Å². The number of nitrogens with zero attached hydrogens (tertiary/aromatic N) is 1.